The SMILES string of the molecule is c1ccc(N(c2ccccc2)c2ccc3c(c2)c2ccccc2n3-c2ncnc3c2sc2ccccc23)cc1. The van der Waals surface area contributed by atoms with Gasteiger partial charge in [0.25, 0.3) is 0 Å². The first kappa shape index (κ1) is 22.0. The molecular formula is C34H22N4S. The average molecular weight is 519 g/mol. The summed E-state index contributed by atoms with van der Waals surface area (Å²) in [6.45, 7) is 0. The highest BCUT2D eigenvalue weighted by atomic mass is 32.1. The Labute approximate surface area is 229 Å². The minimum Gasteiger partial charge on any atom is -0.310 e. The van der Waals surface area contributed by atoms with Gasteiger partial charge < -0.3 is 4.90 Å². The average Bonchev–Trinajstić information content (AvgIpc) is 3.54. The summed E-state index contributed by atoms with van der Waals surface area (Å²) in [6.07, 6.45) is 1.69. The van der Waals surface area contributed by atoms with Crippen LogP contribution in [0.5, 0.6) is 0 Å². The van der Waals surface area contributed by atoms with Gasteiger partial charge in [-0.15, -0.1) is 11.3 Å². The van der Waals surface area contributed by atoms with E-state index in [4.69, 9.17) is 4.98 Å². The Hall–Kier alpha value is -5.00. The molecule has 0 unspecified atom stereocenters. The molecule has 5 aromatic carbocycles. The van der Waals surface area contributed by atoms with Crippen LogP contribution in [0, 0.1) is 0 Å². The number of hydrogen-bond donors (Lipinski definition) is 0. The van der Waals surface area contributed by atoms with Crippen molar-refractivity contribution in [3.05, 3.63) is 134 Å². The van der Waals surface area contributed by atoms with Crippen LogP contribution in [-0.4, -0.2) is 14.5 Å². The molecular weight excluding hydrogens is 496 g/mol. The number of rotatable bonds is 4. The molecule has 184 valence electrons. The molecule has 3 aromatic heterocycles. The van der Waals surface area contributed by atoms with Crippen LogP contribution in [0.25, 0.3) is 47.9 Å². The summed E-state index contributed by atoms with van der Waals surface area (Å²) in [5.74, 6) is 0.920. The first-order valence-corrected chi connectivity index (χ1v) is 13.7. The molecule has 8 rings (SSSR count). The fourth-order valence-corrected chi connectivity index (χ4v) is 6.74. The summed E-state index contributed by atoms with van der Waals surface area (Å²) < 4.78 is 4.61. The van der Waals surface area contributed by atoms with E-state index in [1.165, 1.54) is 20.9 Å². The van der Waals surface area contributed by atoms with Crippen LogP contribution in [-0.2, 0) is 0 Å². The van der Waals surface area contributed by atoms with E-state index in [1.807, 2.05) is 0 Å². The third-order valence-electron chi connectivity index (χ3n) is 7.29. The lowest BCUT2D eigenvalue weighted by Gasteiger charge is -2.25. The van der Waals surface area contributed by atoms with E-state index in [1.54, 1.807) is 17.7 Å². The number of nitrogens with zero attached hydrogens (tertiary/aromatic N) is 4. The summed E-state index contributed by atoms with van der Waals surface area (Å²) in [5.41, 5.74) is 6.61. The van der Waals surface area contributed by atoms with Crippen LogP contribution in [0.2, 0.25) is 0 Å². The van der Waals surface area contributed by atoms with E-state index < -0.39 is 0 Å². The van der Waals surface area contributed by atoms with Crippen molar-refractivity contribution in [2.24, 2.45) is 0 Å². The Bertz CT molecular complexity index is 2090. The number of anilines is 3. The van der Waals surface area contributed by atoms with Crippen molar-refractivity contribution in [1.82, 2.24) is 14.5 Å². The first-order valence-electron chi connectivity index (χ1n) is 12.9. The molecule has 39 heavy (non-hydrogen) atoms. The molecule has 0 aliphatic rings. The van der Waals surface area contributed by atoms with Gasteiger partial charge in [0.15, 0.2) is 5.82 Å². The smallest absolute Gasteiger partial charge is 0.159 e. The van der Waals surface area contributed by atoms with Gasteiger partial charge in [0.2, 0.25) is 0 Å². The molecule has 3 heterocycles. The minimum atomic E-state index is 0.920. The zero-order valence-electron chi connectivity index (χ0n) is 20.9. The first-order chi connectivity index (χ1) is 19.4. The fourth-order valence-electron chi connectivity index (χ4n) is 5.60. The lowest BCUT2D eigenvalue weighted by atomic mass is 10.1. The molecule has 0 amide bonds. The highest BCUT2D eigenvalue weighted by Crippen LogP contribution is 2.41. The number of fused-ring (bicyclic) bond motifs is 6. The van der Waals surface area contributed by atoms with Gasteiger partial charge in [0.05, 0.1) is 21.3 Å². The molecule has 4 nitrogen and oxygen atoms in total. The summed E-state index contributed by atoms with van der Waals surface area (Å²) in [7, 11) is 0. The van der Waals surface area contributed by atoms with Crippen LogP contribution in [0.1, 0.15) is 0 Å². The van der Waals surface area contributed by atoms with E-state index in [2.05, 4.69) is 142 Å². The lowest BCUT2D eigenvalue weighted by molar-refractivity contribution is 1.08. The second-order valence-electron chi connectivity index (χ2n) is 9.53. The highest BCUT2D eigenvalue weighted by Gasteiger charge is 2.20. The predicted octanol–water partition coefficient (Wildman–Crippen LogP) is 9.41. The second kappa shape index (κ2) is 8.79. The fraction of sp³-hybridized carbons (Fsp3) is 0. The third-order valence-corrected chi connectivity index (χ3v) is 8.45. The Balaban J connectivity index is 1.41. The van der Waals surface area contributed by atoms with Gasteiger partial charge in [-0.2, -0.15) is 0 Å². The van der Waals surface area contributed by atoms with Gasteiger partial charge >= 0.3 is 0 Å². The number of hydrogen-bond acceptors (Lipinski definition) is 4. The second-order valence-corrected chi connectivity index (χ2v) is 10.6. The van der Waals surface area contributed by atoms with Gasteiger partial charge in [0, 0.05) is 37.9 Å². The van der Waals surface area contributed by atoms with Crippen molar-refractivity contribution < 1.29 is 0 Å². The summed E-state index contributed by atoms with van der Waals surface area (Å²) in [4.78, 5) is 11.8. The van der Waals surface area contributed by atoms with E-state index in [9.17, 15) is 0 Å². The largest absolute Gasteiger partial charge is 0.310 e. The van der Waals surface area contributed by atoms with Crippen molar-refractivity contribution in [3.8, 4) is 5.82 Å². The lowest BCUT2D eigenvalue weighted by Crippen LogP contribution is -2.09. The summed E-state index contributed by atoms with van der Waals surface area (Å²) in [5, 5.41) is 3.56. The van der Waals surface area contributed by atoms with E-state index in [0.29, 0.717) is 0 Å². The number of benzene rings is 5. The van der Waals surface area contributed by atoms with E-state index >= 15 is 0 Å². The van der Waals surface area contributed by atoms with Crippen LogP contribution in [0.15, 0.2) is 134 Å². The maximum Gasteiger partial charge on any atom is 0.159 e. The molecule has 0 radical (unpaired) electrons. The molecule has 0 saturated carbocycles. The highest BCUT2D eigenvalue weighted by molar-refractivity contribution is 7.26. The number of para-hydroxylation sites is 3. The van der Waals surface area contributed by atoms with Gasteiger partial charge in [-0.05, 0) is 54.6 Å². The topological polar surface area (TPSA) is 34.0 Å². The van der Waals surface area contributed by atoms with E-state index in [-0.39, 0.29) is 0 Å². The maximum absolute atomic E-state index is 4.85. The van der Waals surface area contributed by atoms with Crippen LogP contribution in [0.4, 0.5) is 17.1 Å². The molecule has 5 heteroatoms. The summed E-state index contributed by atoms with van der Waals surface area (Å²) in [6, 6.07) is 44.9. The molecule has 0 N–H and O–H groups in total. The minimum absolute atomic E-state index is 0.920. The van der Waals surface area contributed by atoms with Gasteiger partial charge in [-0.25, -0.2) is 9.97 Å². The van der Waals surface area contributed by atoms with E-state index in [0.717, 1.165) is 44.1 Å². The van der Waals surface area contributed by atoms with Crippen molar-refractivity contribution in [2.75, 3.05) is 4.90 Å². The Morgan fingerprint density at radius 3 is 1.95 bits per heavy atom. The Kier molecular flexibility index (Phi) is 4.96. The van der Waals surface area contributed by atoms with Crippen molar-refractivity contribution in [2.45, 2.75) is 0 Å². The van der Waals surface area contributed by atoms with Gasteiger partial charge in [-0.3, -0.25) is 4.57 Å². The quantitative estimate of drug-likeness (QED) is 0.233. The Morgan fingerprint density at radius 1 is 0.538 bits per heavy atom. The molecule has 0 saturated heterocycles. The van der Waals surface area contributed by atoms with Gasteiger partial charge in [-0.1, -0.05) is 72.8 Å². The molecule has 8 aromatic rings. The Morgan fingerprint density at radius 2 is 1.18 bits per heavy atom. The van der Waals surface area contributed by atoms with Crippen molar-refractivity contribution >= 4 is 70.5 Å². The maximum atomic E-state index is 4.85. The number of thiophene rings is 1. The van der Waals surface area contributed by atoms with Crippen LogP contribution < -0.4 is 4.90 Å². The zero-order chi connectivity index (χ0) is 25.8. The summed E-state index contributed by atoms with van der Waals surface area (Å²) >= 11 is 1.75. The van der Waals surface area contributed by atoms with Crippen molar-refractivity contribution in [1.29, 1.82) is 0 Å². The van der Waals surface area contributed by atoms with Gasteiger partial charge in [0.1, 0.15) is 6.33 Å². The van der Waals surface area contributed by atoms with Crippen LogP contribution in [0.3, 0.4) is 0 Å². The predicted molar refractivity (Wildman–Crippen MR) is 164 cm³/mol. The monoisotopic (exact) mass is 518 g/mol. The van der Waals surface area contributed by atoms with Crippen LogP contribution >= 0.6 is 11.3 Å². The molecule has 0 aliphatic carbocycles. The standard InChI is InChI=1S/C34H22N4S/c1-3-11-23(12-4-1)37(24-13-5-2-6-14-24)25-19-20-30-28(21-25)26-15-7-9-17-29(26)38(30)34-33-32(35-22-36-34)27-16-8-10-18-31(27)39-33/h1-22H. The molecule has 0 bridgehead atoms. The third kappa shape index (κ3) is 3.44. The number of aromatic nitrogens is 3. The molecule has 0 spiro atoms. The normalized spacial score (nSPS) is 11.6. The zero-order valence-corrected chi connectivity index (χ0v) is 21.7. The molecule has 0 fully saturated rings. The molecule has 0 atom stereocenters. The molecule has 0 aliphatic heterocycles. The van der Waals surface area contributed by atoms with Crippen molar-refractivity contribution in [3.63, 3.8) is 0 Å².